The molecule has 1 saturated heterocycles. The Morgan fingerprint density at radius 1 is 1.11 bits per heavy atom. The van der Waals surface area contributed by atoms with E-state index in [4.69, 9.17) is 9.84 Å². The van der Waals surface area contributed by atoms with E-state index in [0.717, 1.165) is 25.4 Å². The largest absolute Gasteiger partial charge is 0.492 e. The predicted molar refractivity (Wildman–Crippen MR) is 76.5 cm³/mol. The first-order chi connectivity index (χ1) is 9.35. The molecule has 1 heterocycles. The van der Waals surface area contributed by atoms with E-state index in [1.807, 2.05) is 18.2 Å². The van der Waals surface area contributed by atoms with Crippen molar-refractivity contribution < 1.29 is 9.84 Å². The number of fused-ring (bicyclic) bond motifs is 1. The minimum Gasteiger partial charge on any atom is -0.492 e. The Bertz CT molecular complexity index is 549. The summed E-state index contributed by atoms with van der Waals surface area (Å²) in [6, 6.07) is 14.5. The number of ether oxygens (including phenoxy) is 1. The Labute approximate surface area is 113 Å². The molecule has 0 radical (unpaired) electrons. The Morgan fingerprint density at radius 2 is 1.89 bits per heavy atom. The van der Waals surface area contributed by atoms with E-state index in [2.05, 4.69) is 29.2 Å². The van der Waals surface area contributed by atoms with Crippen molar-refractivity contribution in [2.45, 2.75) is 0 Å². The highest BCUT2D eigenvalue weighted by Gasteiger charge is 2.25. The van der Waals surface area contributed by atoms with E-state index in [-0.39, 0.29) is 0 Å². The highest BCUT2D eigenvalue weighted by Crippen LogP contribution is 2.21. The molecule has 100 valence electrons. The second-order valence-corrected chi connectivity index (χ2v) is 5.17. The van der Waals surface area contributed by atoms with Gasteiger partial charge in [-0.1, -0.05) is 30.3 Å². The number of rotatable bonds is 5. The van der Waals surface area contributed by atoms with Crippen molar-refractivity contribution in [3.05, 3.63) is 42.5 Å². The van der Waals surface area contributed by atoms with E-state index in [0.29, 0.717) is 19.1 Å². The van der Waals surface area contributed by atoms with Crippen molar-refractivity contribution in [1.29, 1.82) is 0 Å². The molecule has 3 heteroatoms. The third-order valence-electron chi connectivity index (χ3n) is 3.69. The quantitative estimate of drug-likeness (QED) is 0.891. The lowest BCUT2D eigenvalue weighted by atomic mass is 10.0. The molecule has 0 bridgehead atoms. The third-order valence-corrected chi connectivity index (χ3v) is 3.69. The van der Waals surface area contributed by atoms with Crippen LogP contribution < -0.4 is 4.74 Å². The minimum absolute atomic E-state index is 0.308. The van der Waals surface area contributed by atoms with Crippen LogP contribution in [0, 0.1) is 5.92 Å². The first kappa shape index (κ1) is 12.5. The van der Waals surface area contributed by atoms with Gasteiger partial charge >= 0.3 is 0 Å². The monoisotopic (exact) mass is 257 g/mol. The summed E-state index contributed by atoms with van der Waals surface area (Å²) in [5, 5.41) is 11.4. The molecule has 19 heavy (non-hydrogen) atoms. The molecule has 2 aromatic rings. The maximum Gasteiger partial charge on any atom is 0.120 e. The van der Waals surface area contributed by atoms with Crippen LogP contribution in [-0.2, 0) is 0 Å². The maximum absolute atomic E-state index is 8.95. The Kier molecular flexibility index (Phi) is 3.67. The number of aliphatic hydroxyl groups excluding tert-OH is 1. The topological polar surface area (TPSA) is 32.7 Å². The fourth-order valence-electron chi connectivity index (χ4n) is 2.52. The number of aliphatic hydroxyl groups is 1. The molecule has 0 unspecified atom stereocenters. The molecule has 1 aliphatic rings. The SMILES string of the molecule is OCC1CN(CCOc2ccc3ccccc3c2)C1. The third kappa shape index (κ3) is 2.88. The van der Waals surface area contributed by atoms with Crippen LogP contribution in [0.4, 0.5) is 0 Å². The average Bonchev–Trinajstić information content (AvgIpc) is 2.41. The molecule has 0 saturated carbocycles. The van der Waals surface area contributed by atoms with Gasteiger partial charge in [0, 0.05) is 32.2 Å². The fourth-order valence-corrected chi connectivity index (χ4v) is 2.52. The molecule has 0 atom stereocenters. The first-order valence-electron chi connectivity index (χ1n) is 6.80. The van der Waals surface area contributed by atoms with Crippen LogP contribution in [0.1, 0.15) is 0 Å². The highest BCUT2D eigenvalue weighted by atomic mass is 16.5. The standard InChI is InChI=1S/C16H19NO2/c18-12-13-10-17(11-13)7-8-19-16-6-5-14-3-1-2-4-15(14)9-16/h1-6,9,13,18H,7-8,10-12H2. The molecular weight excluding hydrogens is 238 g/mol. The minimum atomic E-state index is 0.308. The lowest BCUT2D eigenvalue weighted by Crippen LogP contribution is -2.49. The molecule has 0 spiro atoms. The summed E-state index contributed by atoms with van der Waals surface area (Å²) in [5.74, 6) is 1.40. The van der Waals surface area contributed by atoms with Gasteiger partial charge in [0.05, 0.1) is 0 Å². The molecule has 3 rings (SSSR count). The van der Waals surface area contributed by atoms with Gasteiger partial charge < -0.3 is 9.84 Å². The van der Waals surface area contributed by atoms with E-state index in [9.17, 15) is 0 Å². The van der Waals surface area contributed by atoms with Gasteiger partial charge in [-0.15, -0.1) is 0 Å². The molecule has 0 aliphatic carbocycles. The zero-order valence-corrected chi connectivity index (χ0v) is 11.0. The Morgan fingerprint density at radius 3 is 2.68 bits per heavy atom. The van der Waals surface area contributed by atoms with Gasteiger partial charge in [-0.25, -0.2) is 0 Å². The number of benzene rings is 2. The molecule has 0 amide bonds. The van der Waals surface area contributed by atoms with Crippen molar-refractivity contribution >= 4 is 10.8 Å². The number of hydrogen-bond donors (Lipinski definition) is 1. The molecule has 3 nitrogen and oxygen atoms in total. The molecule has 1 aliphatic heterocycles. The van der Waals surface area contributed by atoms with E-state index in [1.54, 1.807) is 0 Å². The second-order valence-electron chi connectivity index (χ2n) is 5.17. The lowest BCUT2D eigenvalue weighted by Gasteiger charge is -2.37. The van der Waals surface area contributed by atoms with Gasteiger partial charge in [0.1, 0.15) is 12.4 Å². The maximum atomic E-state index is 8.95. The predicted octanol–water partition coefficient (Wildman–Crippen LogP) is 2.14. The molecule has 2 aromatic carbocycles. The fraction of sp³-hybridized carbons (Fsp3) is 0.375. The van der Waals surface area contributed by atoms with Gasteiger partial charge in [-0.3, -0.25) is 4.90 Å². The van der Waals surface area contributed by atoms with Gasteiger partial charge in [0.25, 0.3) is 0 Å². The summed E-state index contributed by atoms with van der Waals surface area (Å²) in [6.45, 7) is 3.94. The van der Waals surface area contributed by atoms with Crippen molar-refractivity contribution in [3.63, 3.8) is 0 Å². The van der Waals surface area contributed by atoms with Crippen LogP contribution in [0.5, 0.6) is 5.75 Å². The normalized spacial score (nSPS) is 16.5. The van der Waals surface area contributed by atoms with Crippen LogP contribution in [0.25, 0.3) is 10.8 Å². The average molecular weight is 257 g/mol. The van der Waals surface area contributed by atoms with Crippen molar-refractivity contribution in [1.82, 2.24) is 4.90 Å². The van der Waals surface area contributed by atoms with Crippen LogP contribution in [0.15, 0.2) is 42.5 Å². The number of likely N-dealkylation sites (tertiary alicyclic amines) is 1. The summed E-state index contributed by atoms with van der Waals surface area (Å²) in [7, 11) is 0. The smallest absolute Gasteiger partial charge is 0.120 e. The molecule has 0 aromatic heterocycles. The lowest BCUT2D eigenvalue weighted by molar-refractivity contribution is 0.0439. The first-order valence-corrected chi connectivity index (χ1v) is 6.80. The van der Waals surface area contributed by atoms with Crippen molar-refractivity contribution in [2.75, 3.05) is 32.8 Å². The van der Waals surface area contributed by atoms with Crippen LogP contribution in [0.3, 0.4) is 0 Å². The zero-order valence-electron chi connectivity index (χ0n) is 11.0. The molecule has 1 fully saturated rings. The van der Waals surface area contributed by atoms with Gasteiger partial charge in [-0.2, -0.15) is 0 Å². The summed E-state index contributed by atoms with van der Waals surface area (Å²) >= 11 is 0. The molecular formula is C16H19NO2. The zero-order chi connectivity index (χ0) is 13.1. The molecule has 1 N–H and O–H groups in total. The summed E-state index contributed by atoms with van der Waals surface area (Å²) in [6.07, 6.45) is 0. The van der Waals surface area contributed by atoms with Gasteiger partial charge in [0.2, 0.25) is 0 Å². The number of hydrogen-bond acceptors (Lipinski definition) is 3. The van der Waals surface area contributed by atoms with Crippen molar-refractivity contribution in [2.24, 2.45) is 5.92 Å². The summed E-state index contributed by atoms with van der Waals surface area (Å²) in [5.41, 5.74) is 0. The Hall–Kier alpha value is -1.58. The van der Waals surface area contributed by atoms with E-state index < -0.39 is 0 Å². The van der Waals surface area contributed by atoms with Crippen LogP contribution in [-0.4, -0.2) is 42.9 Å². The van der Waals surface area contributed by atoms with Crippen molar-refractivity contribution in [3.8, 4) is 5.75 Å². The summed E-state index contributed by atoms with van der Waals surface area (Å²) < 4.78 is 5.79. The van der Waals surface area contributed by atoms with Gasteiger partial charge in [0.15, 0.2) is 0 Å². The highest BCUT2D eigenvalue weighted by molar-refractivity contribution is 5.83. The number of nitrogens with zero attached hydrogens (tertiary/aromatic N) is 1. The van der Waals surface area contributed by atoms with E-state index in [1.165, 1.54) is 10.8 Å². The van der Waals surface area contributed by atoms with Crippen LogP contribution in [0.2, 0.25) is 0 Å². The summed E-state index contributed by atoms with van der Waals surface area (Å²) in [4.78, 5) is 2.31. The second kappa shape index (κ2) is 5.59. The van der Waals surface area contributed by atoms with Crippen LogP contribution >= 0.6 is 0 Å². The van der Waals surface area contributed by atoms with Gasteiger partial charge in [-0.05, 0) is 22.9 Å². The van der Waals surface area contributed by atoms with E-state index >= 15 is 0 Å². The Balaban J connectivity index is 1.51.